The molecule has 0 atom stereocenters. The first-order chi connectivity index (χ1) is 7.47. The summed E-state index contributed by atoms with van der Waals surface area (Å²) in [5.74, 6) is -0.613. The van der Waals surface area contributed by atoms with Crippen LogP contribution >= 0.6 is 0 Å². The Bertz CT molecular complexity index is 323. The number of alkyl halides is 3. The molecule has 16 heavy (non-hydrogen) atoms. The molecule has 0 aliphatic heterocycles. The number of hydrogen-bond acceptors (Lipinski definition) is 3. The fraction of sp³-hybridized carbons (Fsp3) is 0.625. The van der Waals surface area contributed by atoms with Gasteiger partial charge in [0.1, 0.15) is 0 Å². The number of carbonyl (C=O) groups is 1. The lowest BCUT2D eigenvalue weighted by Crippen LogP contribution is -2.28. The van der Waals surface area contributed by atoms with E-state index in [1.54, 1.807) is 6.20 Å². The van der Waals surface area contributed by atoms with Gasteiger partial charge < -0.3 is 5.32 Å². The molecule has 1 N–H and O–H groups in total. The van der Waals surface area contributed by atoms with Crippen molar-refractivity contribution in [2.24, 2.45) is 0 Å². The van der Waals surface area contributed by atoms with E-state index < -0.39 is 24.9 Å². The van der Waals surface area contributed by atoms with Crippen molar-refractivity contribution in [2.75, 3.05) is 6.54 Å². The number of rotatable bonds is 5. The van der Waals surface area contributed by atoms with Crippen LogP contribution in [0.5, 0.6) is 0 Å². The molecule has 0 saturated carbocycles. The van der Waals surface area contributed by atoms with Crippen LogP contribution in [0, 0.1) is 0 Å². The van der Waals surface area contributed by atoms with Crippen LogP contribution in [0.25, 0.3) is 0 Å². The van der Waals surface area contributed by atoms with Gasteiger partial charge >= 0.3 is 6.18 Å². The highest BCUT2D eigenvalue weighted by atomic mass is 19.4. The first-order valence-corrected chi connectivity index (χ1v) is 4.65. The summed E-state index contributed by atoms with van der Waals surface area (Å²) >= 11 is 0. The second kappa shape index (κ2) is 5.47. The van der Waals surface area contributed by atoms with E-state index in [4.69, 9.17) is 0 Å². The maximum atomic E-state index is 11.8. The van der Waals surface area contributed by atoms with Gasteiger partial charge in [-0.3, -0.25) is 9.48 Å². The van der Waals surface area contributed by atoms with E-state index in [9.17, 15) is 18.0 Å². The minimum atomic E-state index is -4.29. The van der Waals surface area contributed by atoms with Gasteiger partial charge in [0.05, 0.1) is 19.2 Å². The summed E-state index contributed by atoms with van der Waals surface area (Å²) in [5, 5.41) is 9.54. The van der Waals surface area contributed by atoms with Crippen LogP contribution in [-0.4, -0.2) is 33.6 Å². The van der Waals surface area contributed by atoms with Crippen LogP contribution in [0.3, 0.4) is 0 Å². The number of nitrogens with zero attached hydrogens (tertiary/aromatic N) is 3. The zero-order valence-electron chi connectivity index (χ0n) is 8.37. The van der Waals surface area contributed by atoms with Crippen molar-refractivity contribution in [3.05, 3.63) is 12.4 Å². The monoisotopic (exact) mass is 236 g/mol. The molecule has 0 saturated heterocycles. The number of aromatic nitrogens is 3. The van der Waals surface area contributed by atoms with Gasteiger partial charge in [-0.1, -0.05) is 5.21 Å². The molecule has 0 aromatic carbocycles. The third-order valence-corrected chi connectivity index (χ3v) is 1.77. The maximum Gasteiger partial charge on any atom is 0.389 e. The summed E-state index contributed by atoms with van der Waals surface area (Å²) in [7, 11) is 0. The van der Waals surface area contributed by atoms with Crippen LogP contribution in [0.1, 0.15) is 12.8 Å². The van der Waals surface area contributed by atoms with Crippen LogP contribution in [0.15, 0.2) is 12.4 Å². The SMILES string of the molecule is O=C(CCC(F)(F)F)NCCn1ccnn1. The molecule has 90 valence electrons. The Morgan fingerprint density at radius 1 is 1.44 bits per heavy atom. The smallest absolute Gasteiger partial charge is 0.354 e. The highest BCUT2D eigenvalue weighted by molar-refractivity contribution is 5.75. The lowest BCUT2D eigenvalue weighted by molar-refractivity contribution is -0.144. The Hall–Kier alpha value is -1.60. The van der Waals surface area contributed by atoms with Gasteiger partial charge in [0, 0.05) is 19.2 Å². The fourth-order valence-corrected chi connectivity index (χ4v) is 1.01. The van der Waals surface area contributed by atoms with E-state index in [2.05, 4.69) is 15.6 Å². The lowest BCUT2D eigenvalue weighted by Gasteiger charge is -2.07. The van der Waals surface area contributed by atoms with Crippen molar-refractivity contribution in [1.82, 2.24) is 20.3 Å². The average molecular weight is 236 g/mol. The van der Waals surface area contributed by atoms with E-state index in [1.807, 2.05) is 0 Å². The highest BCUT2D eigenvalue weighted by Crippen LogP contribution is 2.20. The van der Waals surface area contributed by atoms with E-state index in [0.29, 0.717) is 6.54 Å². The molecule has 1 rings (SSSR count). The zero-order chi connectivity index (χ0) is 12.0. The third-order valence-electron chi connectivity index (χ3n) is 1.77. The molecule has 0 radical (unpaired) electrons. The van der Waals surface area contributed by atoms with Gasteiger partial charge in [0.25, 0.3) is 0 Å². The largest absolute Gasteiger partial charge is 0.389 e. The Labute approximate surface area is 89.6 Å². The average Bonchev–Trinajstić information content (AvgIpc) is 2.66. The van der Waals surface area contributed by atoms with Crippen molar-refractivity contribution in [2.45, 2.75) is 25.6 Å². The van der Waals surface area contributed by atoms with Gasteiger partial charge in [0.2, 0.25) is 5.91 Å². The van der Waals surface area contributed by atoms with Crippen LogP contribution in [0.2, 0.25) is 0 Å². The quantitative estimate of drug-likeness (QED) is 0.820. The summed E-state index contributed by atoms with van der Waals surface area (Å²) < 4.78 is 36.8. The second-order valence-electron chi connectivity index (χ2n) is 3.13. The molecule has 1 amide bonds. The number of amides is 1. The topological polar surface area (TPSA) is 59.8 Å². The standard InChI is InChI=1S/C8H11F3N4O/c9-8(10,11)2-1-7(16)12-3-5-15-6-4-13-14-15/h4,6H,1-3,5H2,(H,12,16). The predicted octanol–water partition coefficient (Wildman–Crippen LogP) is 0.737. The molecule has 8 heteroatoms. The molecule has 0 spiro atoms. The van der Waals surface area contributed by atoms with E-state index >= 15 is 0 Å². The Morgan fingerprint density at radius 2 is 2.19 bits per heavy atom. The number of nitrogens with one attached hydrogen (secondary N) is 1. The summed E-state index contributed by atoms with van der Waals surface area (Å²) in [5.41, 5.74) is 0. The molecule has 1 aromatic rings. The van der Waals surface area contributed by atoms with Gasteiger partial charge in [-0.05, 0) is 0 Å². The number of carbonyl (C=O) groups excluding carboxylic acids is 1. The molecule has 0 fully saturated rings. The first-order valence-electron chi connectivity index (χ1n) is 4.65. The zero-order valence-corrected chi connectivity index (χ0v) is 8.37. The van der Waals surface area contributed by atoms with E-state index in [0.717, 1.165) is 0 Å². The molecule has 0 unspecified atom stereocenters. The van der Waals surface area contributed by atoms with Gasteiger partial charge in [-0.25, -0.2) is 0 Å². The Kier molecular flexibility index (Phi) is 4.27. The van der Waals surface area contributed by atoms with Crippen molar-refractivity contribution >= 4 is 5.91 Å². The van der Waals surface area contributed by atoms with Crippen LogP contribution in [-0.2, 0) is 11.3 Å². The van der Waals surface area contributed by atoms with Crippen LogP contribution < -0.4 is 5.32 Å². The molecule has 5 nitrogen and oxygen atoms in total. The second-order valence-corrected chi connectivity index (χ2v) is 3.13. The minimum absolute atomic E-state index is 0.236. The first kappa shape index (κ1) is 12.5. The summed E-state index contributed by atoms with van der Waals surface area (Å²) in [6.45, 7) is 0.623. The Morgan fingerprint density at radius 3 is 2.75 bits per heavy atom. The minimum Gasteiger partial charge on any atom is -0.354 e. The third kappa shape index (κ3) is 5.32. The summed E-state index contributed by atoms with van der Waals surface area (Å²) in [4.78, 5) is 11.0. The molecule has 1 heterocycles. The maximum absolute atomic E-state index is 11.8. The van der Waals surface area contributed by atoms with Gasteiger partial charge in [-0.15, -0.1) is 5.10 Å². The molecular weight excluding hydrogens is 225 g/mol. The van der Waals surface area contributed by atoms with Gasteiger partial charge in [0.15, 0.2) is 0 Å². The molecule has 0 aliphatic carbocycles. The Balaban J connectivity index is 2.11. The van der Waals surface area contributed by atoms with Crippen molar-refractivity contribution in [3.8, 4) is 0 Å². The number of halogens is 3. The lowest BCUT2D eigenvalue weighted by atomic mass is 10.3. The normalized spacial score (nSPS) is 11.4. The van der Waals surface area contributed by atoms with Crippen LogP contribution in [0.4, 0.5) is 13.2 Å². The van der Waals surface area contributed by atoms with Crippen molar-refractivity contribution in [3.63, 3.8) is 0 Å². The van der Waals surface area contributed by atoms with Crippen molar-refractivity contribution < 1.29 is 18.0 Å². The van der Waals surface area contributed by atoms with Gasteiger partial charge in [-0.2, -0.15) is 13.2 Å². The molecule has 1 aromatic heterocycles. The van der Waals surface area contributed by atoms with Crippen molar-refractivity contribution in [1.29, 1.82) is 0 Å². The molecular formula is C8H11F3N4O. The fourth-order valence-electron chi connectivity index (χ4n) is 1.01. The molecule has 0 bridgehead atoms. The molecule has 0 aliphatic rings. The number of hydrogen-bond donors (Lipinski definition) is 1. The predicted molar refractivity (Wildman–Crippen MR) is 48.3 cm³/mol. The van der Waals surface area contributed by atoms with E-state index in [-0.39, 0.29) is 6.54 Å². The summed E-state index contributed by atoms with van der Waals surface area (Å²) in [6.07, 6.45) is -2.85. The summed E-state index contributed by atoms with van der Waals surface area (Å²) in [6, 6.07) is 0. The van der Waals surface area contributed by atoms with E-state index in [1.165, 1.54) is 10.9 Å². The highest BCUT2D eigenvalue weighted by Gasteiger charge is 2.27.